The number of ether oxygens (including phenoxy) is 3. The molecule has 0 aliphatic carbocycles. The lowest BCUT2D eigenvalue weighted by Crippen LogP contribution is -2.31. The van der Waals surface area contributed by atoms with Gasteiger partial charge in [0.1, 0.15) is 11.8 Å². The predicted molar refractivity (Wildman–Crippen MR) is 132 cm³/mol. The maximum Gasteiger partial charge on any atom is 0.255 e. The van der Waals surface area contributed by atoms with Crippen molar-refractivity contribution in [2.45, 2.75) is 13.0 Å². The van der Waals surface area contributed by atoms with Gasteiger partial charge in [-0.15, -0.1) is 16.4 Å². The zero-order valence-corrected chi connectivity index (χ0v) is 19.8. The Hall–Kier alpha value is -4.31. The van der Waals surface area contributed by atoms with Gasteiger partial charge in [-0.2, -0.15) is 4.98 Å². The Bertz CT molecular complexity index is 1460. The SMILES string of the molecule is COc1ccccc1NC(=O)C1=C(C)Nc2nc(-c3cccs3)nn2[C@@H]1c1ccc2c(c1)OCO2. The van der Waals surface area contributed by atoms with Crippen molar-refractivity contribution in [2.75, 3.05) is 24.5 Å². The molecule has 9 nitrogen and oxygen atoms in total. The van der Waals surface area contributed by atoms with Gasteiger partial charge >= 0.3 is 0 Å². The van der Waals surface area contributed by atoms with E-state index in [0.29, 0.717) is 46.0 Å². The molecular weight excluding hydrogens is 466 g/mol. The minimum absolute atomic E-state index is 0.165. The molecular formula is C25H21N5O4S. The fraction of sp³-hybridized carbons (Fsp3) is 0.160. The van der Waals surface area contributed by atoms with Crippen molar-refractivity contribution in [3.63, 3.8) is 0 Å². The van der Waals surface area contributed by atoms with Crippen molar-refractivity contribution in [1.82, 2.24) is 14.8 Å². The van der Waals surface area contributed by atoms with Crippen molar-refractivity contribution < 1.29 is 19.0 Å². The van der Waals surface area contributed by atoms with E-state index >= 15 is 0 Å². The second-order valence-electron chi connectivity index (χ2n) is 8.01. The molecule has 1 atom stereocenters. The molecule has 2 N–H and O–H groups in total. The Labute approximate surface area is 205 Å². The first-order valence-corrected chi connectivity index (χ1v) is 11.8. The summed E-state index contributed by atoms with van der Waals surface area (Å²) in [5.41, 5.74) is 2.58. The second kappa shape index (κ2) is 8.48. The van der Waals surface area contributed by atoms with E-state index in [-0.39, 0.29) is 12.7 Å². The predicted octanol–water partition coefficient (Wildman–Crippen LogP) is 4.67. The zero-order chi connectivity index (χ0) is 23.9. The molecule has 4 heterocycles. The fourth-order valence-electron chi connectivity index (χ4n) is 4.28. The summed E-state index contributed by atoms with van der Waals surface area (Å²) < 4.78 is 18.3. The summed E-state index contributed by atoms with van der Waals surface area (Å²) in [6.07, 6.45) is 0. The van der Waals surface area contributed by atoms with Crippen LogP contribution in [0.2, 0.25) is 0 Å². The van der Waals surface area contributed by atoms with Gasteiger partial charge in [-0.25, -0.2) is 4.68 Å². The highest BCUT2D eigenvalue weighted by atomic mass is 32.1. The molecule has 2 aliphatic rings. The minimum Gasteiger partial charge on any atom is -0.495 e. The van der Waals surface area contributed by atoms with Gasteiger partial charge in [0.25, 0.3) is 5.91 Å². The molecule has 1 amide bonds. The quantitative estimate of drug-likeness (QED) is 0.422. The Morgan fingerprint density at radius 2 is 2.03 bits per heavy atom. The number of rotatable bonds is 5. The highest BCUT2D eigenvalue weighted by Gasteiger charge is 2.35. The number of benzene rings is 2. The Kier molecular flexibility index (Phi) is 5.14. The number of allylic oxidation sites excluding steroid dienone is 1. The Balaban J connectivity index is 1.46. The number of carbonyl (C=O) groups is 1. The van der Waals surface area contributed by atoms with E-state index in [1.807, 2.05) is 54.8 Å². The van der Waals surface area contributed by atoms with Crippen molar-refractivity contribution in [1.29, 1.82) is 0 Å². The molecule has 2 aliphatic heterocycles. The van der Waals surface area contributed by atoms with Crippen LogP contribution in [0.25, 0.3) is 10.7 Å². The summed E-state index contributed by atoms with van der Waals surface area (Å²) in [6.45, 7) is 2.03. The van der Waals surface area contributed by atoms with Crippen molar-refractivity contribution in [2.24, 2.45) is 0 Å². The number of methoxy groups -OCH3 is 1. The zero-order valence-electron chi connectivity index (χ0n) is 18.9. The molecule has 176 valence electrons. The van der Waals surface area contributed by atoms with E-state index in [1.54, 1.807) is 35.3 Å². The standard InChI is InChI=1S/C25H21N5O4S/c1-14-21(24(31)27-16-6-3-4-7-17(16)32-2)22(15-9-10-18-19(12-15)34-13-33-18)30-25(26-14)28-23(29-30)20-8-5-11-35-20/h3-12,22H,13H2,1-2H3,(H,27,31)(H,26,28,29)/t22-/m1/s1. The third-order valence-corrected chi connectivity index (χ3v) is 6.77. The van der Waals surface area contributed by atoms with Gasteiger partial charge in [-0.05, 0) is 48.2 Å². The second-order valence-corrected chi connectivity index (χ2v) is 8.96. The summed E-state index contributed by atoms with van der Waals surface area (Å²) in [5.74, 6) is 2.74. The van der Waals surface area contributed by atoms with Gasteiger partial charge in [0.15, 0.2) is 17.3 Å². The molecule has 0 unspecified atom stereocenters. The lowest BCUT2D eigenvalue weighted by atomic mass is 9.94. The number of anilines is 2. The Morgan fingerprint density at radius 3 is 2.86 bits per heavy atom. The molecule has 35 heavy (non-hydrogen) atoms. The molecule has 6 rings (SSSR count). The first-order valence-electron chi connectivity index (χ1n) is 10.9. The van der Waals surface area contributed by atoms with E-state index in [1.165, 1.54) is 0 Å². The van der Waals surface area contributed by atoms with E-state index in [9.17, 15) is 4.79 Å². The van der Waals surface area contributed by atoms with Crippen LogP contribution in [-0.2, 0) is 4.79 Å². The van der Waals surface area contributed by atoms with Crippen LogP contribution >= 0.6 is 11.3 Å². The van der Waals surface area contributed by atoms with Gasteiger partial charge in [0.05, 0.1) is 23.2 Å². The van der Waals surface area contributed by atoms with E-state index in [4.69, 9.17) is 24.3 Å². The highest BCUT2D eigenvalue weighted by Crippen LogP contribution is 2.41. The average molecular weight is 488 g/mol. The monoisotopic (exact) mass is 487 g/mol. The summed E-state index contributed by atoms with van der Waals surface area (Å²) in [5, 5.41) is 13.0. The van der Waals surface area contributed by atoms with E-state index in [0.717, 1.165) is 10.4 Å². The van der Waals surface area contributed by atoms with Crippen LogP contribution in [0.15, 0.2) is 71.2 Å². The molecule has 0 radical (unpaired) electrons. The summed E-state index contributed by atoms with van der Waals surface area (Å²) in [7, 11) is 1.57. The van der Waals surface area contributed by atoms with Crippen LogP contribution in [0.5, 0.6) is 17.2 Å². The topological polar surface area (TPSA) is 99.5 Å². The van der Waals surface area contributed by atoms with Crippen molar-refractivity contribution in [3.05, 3.63) is 76.8 Å². The van der Waals surface area contributed by atoms with Gasteiger partial charge in [-0.1, -0.05) is 24.3 Å². The normalized spacial score (nSPS) is 16.0. The summed E-state index contributed by atoms with van der Waals surface area (Å²) in [4.78, 5) is 19.4. The van der Waals surface area contributed by atoms with E-state index < -0.39 is 6.04 Å². The highest BCUT2D eigenvalue weighted by molar-refractivity contribution is 7.13. The van der Waals surface area contributed by atoms with Crippen LogP contribution in [0, 0.1) is 0 Å². The number of fused-ring (bicyclic) bond motifs is 2. The van der Waals surface area contributed by atoms with Gasteiger partial charge < -0.3 is 24.8 Å². The number of para-hydroxylation sites is 2. The number of hydrogen-bond donors (Lipinski definition) is 2. The number of thiophene rings is 1. The number of nitrogens with one attached hydrogen (secondary N) is 2. The molecule has 4 aromatic rings. The maximum atomic E-state index is 13.7. The molecule has 0 bridgehead atoms. The van der Waals surface area contributed by atoms with Crippen LogP contribution in [0.3, 0.4) is 0 Å². The largest absolute Gasteiger partial charge is 0.495 e. The van der Waals surface area contributed by atoms with Crippen LogP contribution in [-0.4, -0.2) is 34.6 Å². The first-order chi connectivity index (χ1) is 17.1. The molecule has 0 saturated carbocycles. The first kappa shape index (κ1) is 21.2. The van der Waals surface area contributed by atoms with Gasteiger partial charge in [-0.3, -0.25) is 4.79 Å². The number of carbonyl (C=O) groups excluding carboxylic acids is 1. The number of hydrogen-bond acceptors (Lipinski definition) is 8. The van der Waals surface area contributed by atoms with Crippen LogP contribution < -0.4 is 24.8 Å². The molecule has 2 aromatic heterocycles. The third kappa shape index (κ3) is 3.68. The molecule has 0 spiro atoms. The molecule has 10 heteroatoms. The molecule has 2 aromatic carbocycles. The maximum absolute atomic E-state index is 13.7. The number of aromatic nitrogens is 3. The van der Waals surface area contributed by atoms with Gasteiger partial charge in [0.2, 0.25) is 12.7 Å². The van der Waals surface area contributed by atoms with Crippen molar-refractivity contribution in [3.8, 4) is 28.0 Å². The molecule has 0 fully saturated rings. The summed E-state index contributed by atoms with van der Waals surface area (Å²) in [6, 6.07) is 16.3. The average Bonchev–Trinajstić information content (AvgIpc) is 3.63. The molecule has 0 saturated heterocycles. The van der Waals surface area contributed by atoms with Crippen LogP contribution in [0.4, 0.5) is 11.6 Å². The van der Waals surface area contributed by atoms with Gasteiger partial charge in [0, 0.05) is 5.70 Å². The summed E-state index contributed by atoms with van der Waals surface area (Å²) >= 11 is 1.56. The van der Waals surface area contributed by atoms with Crippen molar-refractivity contribution >= 4 is 28.9 Å². The lowest BCUT2D eigenvalue weighted by Gasteiger charge is -2.29. The van der Waals surface area contributed by atoms with Crippen LogP contribution in [0.1, 0.15) is 18.5 Å². The fourth-order valence-corrected chi connectivity index (χ4v) is 4.94. The smallest absolute Gasteiger partial charge is 0.255 e. The minimum atomic E-state index is -0.545. The number of nitrogens with zero attached hydrogens (tertiary/aromatic N) is 3. The van der Waals surface area contributed by atoms with E-state index in [2.05, 4.69) is 10.6 Å². The lowest BCUT2D eigenvalue weighted by molar-refractivity contribution is -0.113. The Morgan fingerprint density at radius 1 is 1.17 bits per heavy atom. The number of amides is 1. The third-order valence-electron chi connectivity index (χ3n) is 5.91.